The molecule has 0 aromatic heterocycles. The van der Waals surface area contributed by atoms with Crippen molar-refractivity contribution >= 4 is 23.2 Å². The molecule has 2 N–H and O–H groups in total. The van der Waals surface area contributed by atoms with Crippen molar-refractivity contribution in [3.63, 3.8) is 0 Å². The number of anilines is 2. The van der Waals surface area contributed by atoms with Gasteiger partial charge in [-0.1, -0.05) is 0 Å². The Morgan fingerprint density at radius 2 is 1.95 bits per heavy atom. The molecule has 1 rings (SSSR count). The van der Waals surface area contributed by atoms with Crippen molar-refractivity contribution in [1.29, 1.82) is 0 Å². The number of hydrogen-bond donors (Lipinski definition) is 2. The minimum Gasteiger partial charge on any atom is -0.465 e. The average Bonchev–Trinajstić information content (AvgIpc) is 2.34. The molecule has 10 heteroatoms. The molecule has 0 unspecified atom stereocenters. The molecular weight excluding hydrogens is 307 g/mol. The topological polar surface area (TPSA) is 95.7 Å². The number of benzene rings is 1. The van der Waals surface area contributed by atoms with Crippen molar-refractivity contribution in [3.05, 3.63) is 27.8 Å². The number of carbonyl (C=O) groups is 1. The van der Waals surface area contributed by atoms with Crippen LogP contribution in [0.1, 0.15) is 19.4 Å². The molecule has 22 heavy (non-hydrogen) atoms. The lowest BCUT2D eigenvalue weighted by Gasteiger charge is -2.27. The molecule has 0 saturated carbocycles. The van der Waals surface area contributed by atoms with Gasteiger partial charge in [0.1, 0.15) is 5.69 Å². The van der Waals surface area contributed by atoms with E-state index in [9.17, 15) is 28.1 Å². The molecule has 0 atom stereocenters. The Balaban J connectivity index is 3.65. The van der Waals surface area contributed by atoms with Gasteiger partial charge in [0.2, 0.25) is 0 Å². The number of carboxylic acid groups (broad SMARTS) is 1. The van der Waals surface area contributed by atoms with Crippen LogP contribution in [-0.2, 0) is 6.18 Å². The fourth-order valence-corrected chi connectivity index (χ4v) is 1.74. The lowest BCUT2D eigenvalue weighted by Crippen LogP contribution is -2.28. The highest BCUT2D eigenvalue weighted by atomic mass is 19.4. The lowest BCUT2D eigenvalue weighted by atomic mass is 10.1. The maximum absolute atomic E-state index is 13.1. The molecule has 0 aliphatic rings. The van der Waals surface area contributed by atoms with E-state index in [4.69, 9.17) is 5.11 Å². The second-order valence-corrected chi connectivity index (χ2v) is 4.78. The number of hydrogen-bond acceptors (Lipinski definition) is 4. The van der Waals surface area contributed by atoms with E-state index in [-0.39, 0.29) is 11.7 Å². The number of halogens is 3. The van der Waals surface area contributed by atoms with Crippen LogP contribution in [0.15, 0.2) is 12.1 Å². The van der Waals surface area contributed by atoms with E-state index >= 15 is 0 Å². The largest absolute Gasteiger partial charge is 0.465 e. The van der Waals surface area contributed by atoms with Crippen LogP contribution in [-0.4, -0.2) is 29.2 Å². The molecule has 0 spiro atoms. The predicted octanol–water partition coefficient (Wildman–Crippen LogP) is 3.55. The number of alkyl halides is 3. The van der Waals surface area contributed by atoms with Gasteiger partial charge in [0.15, 0.2) is 0 Å². The zero-order valence-electron chi connectivity index (χ0n) is 11.9. The molecule has 0 aliphatic carbocycles. The summed E-state index contributed by atoms with van der Waals surface area (Å²) in [5.41, 5.74) is -3.04. The van der Waals surface area contributed by atoms with Crippen LogP contribution in [0.2, 0.25) is 0 Å². The number of nitro groups is 1. The van der Waals surface area contributed by atoms with Crippen molar-refractivity contribution in [2.75, 3.05) is 17.3 Å². The molecule has 0 bridgehead atoms. The Morgan fingerprint density at radius 3 is 2.32 bits per heavy atom. The van der Waals surface area contributed by atoms with E-state index in [1.165, 1.54) is 11.9 Å². The van der Waals surface area contributed by atoms with Crippen LogP contribution in [0.4, 0.5) is 35.0 Å². The lowest BCUT2D eigenvalue weighted by molar-refractivity contribution is -0.384. The third kappa shape index (κ3) is 3.77. The molecular formula is C12H14F3N3O4. The van der Waals surface area contributed by atoms with Gasteiger partial charge in [0.25, 0.3) is 5.69 Å². The number of nitro benzene ring substituents is 1. The first kappa shape index (κ1) is 17.5. The first-order chi connectivity index (χ1) is 9.95. The zero-order valence-corrected chi connectivity index (χ0v) is 11.9. The van der Waals surface area contributed by atoms with Crippen LogP contribution >= 0.6 is 0 Å². The SMILES string of the molecule is CC(C)N(C)c1cc(NC(=O)O)c([N+](=O)[O-])cc1C(F)(F)F. The summed E-state index contributed by atoms with van der Waals surface area (Å²) in [4.78, 5) is 21.7. The number of nitrogens with one attached hydrogen (secondary N) is 1. The summed E-state index contributed by atoms with van der Waals surface area (Å²) in [6, 6.07) is 0.814. The third-order valence-electron chi connectivity index (χ3n) is 3.01. The highest BCUT2D eigenvalue weighted by Gasteiger charge is 2.38. The van der Waals surface area contributed by atoms with Gasteiger partial charge in [-0.05, 0) is 19.9 Å². The fraction of sp³-hybridized carbons (Fsp3) is 0.417. The second kappa shape index (κ2) is 6.08. The molecule has 0 radical (unpaired) electrons. The maximum atomic E-state index is 13.1. The number of rotatable bonds is 4. The maximum Gasteiger partial charge on any atom is 0.418 e. The minimum absolute atomic E-state index is 0.333. The van der Waals surface area contributed by atoms with E-state index in [0.29, 0.717) is 6.07 Å². The zero-order chi connectivity index (χ0) is 17.2. The third-order valence-corrected chi connectivity index (χ3v) is 3.01. The molecule has 7 nitrogen and oxygen atoms in total. The van der Waals surface area contributed by atoms with Crippen molar-refractivity contribution in [2.45, 2.75) is 26.1 Å². The predicted molar refractivity (Wildman–Crippen MR) is 73.3 cm³/mol. The van der Waals surface area contributed by atoms with E-state index < -0.39 is 34.1 Å². The van der Waals surface area contributed by atoms with Crippen LogP contribution in [0.5, 0.6) is 0 Å². The van der Waals surface area contributed by atoms with Gasteiger partial charge >= 0.3 is 12.3 Å². The highest BCUT2D eigenvalue weighted by Crippen LogP contribution is 2.42. The molecule has 1 aromatic carbocycles. The standard InChI is InChI=1S/C12H14F3N3O4/c1-6(2)17(3)9-5-8(16-11(19)20)10(18(21)22)4-7(9)12(13,14)15/h4-6,16H,1-3H3,(H,19,20). The van der Waals surface area contributed by atoms with E-state index in [2.05, 4.69) is 0 Å². The first-order valence-electron chi connectivity index (χ1n) is 6.07. The summed E-state index contributed by atoms with van der Waals surface area (Å²) in [5, 5.41) is 21.3. The summed E-state index contributed by atoms with van der Waals surface area (Å²) >= 11 is 0. The summed E-state index contributed by atoms with van der Waals surface area (Å²) < 4.78 is 39.4. The van der Waals surface area contributed by atoms with Crippen molar-refractivity contribution in [2.24, 2.45) is 0 Å². The normalized spacial score (nSPS) is 11.4. The van der Waals surface area contributed by atoms with Crippen LogP contribution < -0.4 is 10.2 Å². The molecule has 1 aromatic rings. The summed E-state index contributed by atoms with van der Waals surface area (Å²) in [7, 11) is 1.38. The van der Waals surface area contributed by atoms with Crippen LogP contribution in [0.3, 0.4) is 0 Å². The second-order valence-electron chi connectivity index (χ2n) is 4.78. The summed E-state index contributed by atoms with van der Waals surface area (Å²) in [6.45, 7) is 3.26. The molecule has 0 heterocycles. The van der Waals surface area contributed by atoms with Gasteiger partial charge < -0.3 is 10.0 Å². The average molecular weight is 321 g/mol. The minimum atomic E-state index is -4.81. The summed E-state index contributed by atoms with van der Waals surface area (Å²) in [6.07, 6.45) is -6.42. The van der Waals surface area contributed by atoms with Crippen molar-refractivity contribution < 1.29 is 28.0 Å². The summed E-state index contributed by atoms with van der Waals surface area (Å²) in [5.74, 6) is 0. The Morgan fingerprint density at radius 1 is 1.41 bits per heavy atom. The van der Waals surface area contributed by atoms with E-state index in [1.807, 2.05) is 0 Å². The van der Waals surface area contributed by atoms with Gasteiger partial charge in [0, 0.05) is 19.2 Å². The Hall–Kier alpha value is -2.52. The molecule has 0 aliphatic heterocycles. The highest BCUT2D eigenvalue weighted by molar-refractivity contribution is 5.88. The number of amides is 1. The molecule has 0 saturated heterocycles. The first-order valence-corrected chi connectivity index (χ1v) is 6.07. The fourth-order valence-electron chi connectivity index (χ4n) is 1.74. The van der Waals surface area contributed by atoms with Gasteiger partial charge in [-0.15, -0.1) is 0 Å². The quantitative estimate of drug-likeness (QED) is 0.653. The Labute approximate surface area is 123 Å². The molecule has 122 valence electrons. The Kier molecular flexibility index (Phi) is 4.84. The molecule has 0 fully saturated rings. The van der Waals surface area contributed by atoms with Crippen molar-refractivity contribution in [1.82, 2.24) is 0 Å². The van der Waals surface area contributed by atoms with Crippen LogP contribution in [0.25, 0.3) is 0 Å². The Bertz CT molecular complexity index is 602. The van der Waals surface area contributed by atoms with E-state index in [0.717, 1.165) is 6.07 Å². The number of nitrogens with zero attached hydrogens (tertiary/aromatic N) is 2. The van der Waals surface area contributed by atoms with Gasteiger partial charge in [-0.2, -0.15) is 13.2 Å². The van der Waals surface area contributed by atoms with Gasteiger partial charge in [-0.25, -0.2) is 4.79 Å². The van der Waals surface area contributed by atoms with Crippen LogP contribution in [0, 0.1) is 10.1 Å². The monoisotopic (exact) mass is 321 g/mol. The van der Waals surface area contributed by atoms with Crippen molar-refractivity contribution in [3.8, 4) is 0 Å². The van der Waals surface area contributed by atoms with Gasteiger partial charge in [-0.3, -0.25) is 15.4 Å². The van der Waals surface area contributed by atoms with Gasteiger partial charge in [0.05, 0.1) is 16.2 Å². The molecule has 1 amide bonds. The van der Waals surface area contributed by atoms with E-state index in [1.54, 1.807) is 19.2 Å². The smallest absolute Gasteiger partial charge is 0.418 e.